The SMILES string of the molecule is CCN(Cc1ccc(CCN)cc1)C(C)C. The highest BCUT2D eigenvalue weighted by Gasteiger charge is 2.07. The summed E-state index contributed by atoms with van der Waals surface area (Å²) in [6, 6.07) is 9.42. The van der Waals surface area contributed by atoms with Gasteiger partial charge in [0, 0.05) is 12.6 Å². The molecular weight excluding hydrogens is 196 g/mol. The van der Waals surface area contributed by atoms with Crippen LogP contribution in [0, 0.1) is 0 Å². The second kappa shape index (κ2) is 6.66. The maximum atomic E-state index is 5.53. The molecule has 0 aliphatic rings. The van der Waals surface area contributed by atoms with E-state index in [2.05, 4.69) is 49.9 Å². The van der Waals surface area contributed by atoms with Gasteiger partial charge in [0.2, 0.25) is 0 Å². The summed E-state index contributed by atoms with van der Waals surface area (Å²) in [5, 5.41) is 0. The molecule has 0 saturated carbocycles. The zero-order chi connectivity index (χ0) is 12.0. The van der Waals surface area contributed by atoms with Gasteiger partial charge in [0.05, 0.1) is 0 Å². The van der Waals surface area contributed by atoms with Crippen LogP contribution in [0.25, 0.3) is 0 Å². The van der Waals surface area contributed by atoms with E-state index in [9.17, 15) is 0 Å². The molecule has 0 aromatic heterocycles. The lowest BCUT2D eigenvalue weighted by Gasteiger charge is -2.24. The van der Waals surface area contributed by atoms with Crippen molar-refractivity contribution in [3.8, 4) is 0 Å². The molecule has 2 N–H and O–H groups in total. The Hall–Kier alpha value is -0.860. The van der Waals surface area contributed by atoms with Crippen molar-refractivity contribution in [2.75, 3.05) is 13.1 Å². The third kappa shape index (κ3) is 3.95. The van der Waals surface area contributed by atoms with Gasteiger partial charge in [-0.25, -0.2) is 0 Å². The maximum absolute atomic E-state index is 5.53. The van der Waals surface area contributed by atoms with E-state index in [-0.39, 0.29) is 0 Å². The van der Waals surface area contributed by atoms with E-state index in [4.69, 9.17) is 5.73 Å². The van der Waals surface area contributed by atoms with Crippen LogP contribution in [-0.4, -0.2) is 24.0 Å². The molecule has 0 atom stereocenters. The molecule has 1 aromatic rings. The monoisotopic (exact) mass is 220 g/mol. The molecule has 2 nitrogen and oxygen atoms in total. The minimum absolute atomic E-state index is 0.605. The van der Waals surface area contributed by atoms with E-state index in [1.807, 2.05) is 0 Å². The summed E-state index contributed by atoms with van der Waals surface area (Å²) < 4.78 is 0. The zero-order valence-electron chi connectivity index (χ0n) is 10.7. The van der Waals surface area contributed by atoms with Crippen molar-refractivity contribution in [1.29, 1.82) is 0 Å². The van der Waals surface area contributed by atoms with E-state index in [1.165, 1.54) is 11.1 Å². The fourth-order valence-corrected chi connectivity index (χ4v) is 1.87. The Bertz CT molecular complexity index is 290. The maximum Gasteiger partial charge on any atom is 0.0236 e. The summed E-state index contributed by atoms with van der Waals surface area (Å²) in [7, 11) is 0. The Balaban J connectivity index is 2.60. The second-order valence-electron chi connectivity index (χ2n) is 4.51. The van der Waals surface area contributed by atoms with Crippen LogP contribution in [0.2, 0.25) is 0 Å². The first-order valence-electron chi connectivity index (χ1n) is 6.19. The Morgan fingerprint density at radius 1 is 1.12 bits per heavy atom. The molecule has 16 heavy (non-hydrogen) atoms. The van der Waals surface area contributed by atoms with Gasteiger partial charge < -0.3 is 5.73 Å². The van der Waals surface area contributed by atoms with Crippen molar-refractivity contribution in [2.45, 2.75) is 39.8 Å². The molecular formula is C14H24N2. The number of hydrogen-bond donors (Lipinski definition) is 1. The van der Waals surface area contributed by atoms with Crippen molar-refractivity contribution < 1.29 is 0 Å². The molecule has 0 fully saturated rings. The zero-order valence-corrected chi connectivity index (χ0v) is 10.7. The highest BCUT2D eigenvalue weighted by molar-refractivity contribution is 5.22. The molecule has 0 spiro atoms. The molecule has 0 amide bonds. The van der Waals surface area contributed by atoms with Crippen molar-refractivity contribution in [3.63, 3.8) is 0 Å². The predicted octanol–water partition coefficient (Wildman–Crippen LogP) is 2.42. The van der Waals surface area contributed by atoms with Crippen LogP contribution in [0.3, 0.4) is 0 Å². The highest BCUT2D eigenvalue weighted by atomic mass is 15.1. The minimum atomic E-state index is 0.605. The fraction of sp³-hybridized carbons (Fsp3) is 0.571. The quantitative estimate of drug-likeness (QED) is 0.797. The Morgan fingerprint density at radius 3 is 2.12 bits per heavy atom. The summed E-state index contributed by atoms with van der Waals surface area (Å²) in [5.41, 5.74) is 8.25. The summed E-state index contributed by atoms with van der Waals surface area (Å²) in [6.45, 7) is 9.56. The first kappa shape index (κ1) is 13.2. The van der Waals surface area contributed by atoms with Gasteiger partial charge in [-0.15, -0.1) is 0 Å². The standard InChI is InChI=1S/C14H24N2/c1-4-16(12(2)3)11-14-7-5-13(6-8-14)9-10-15/h5-8,12H,4,9-11,15H2,1-3H3. The average molecular weight is 220 g/mol. The molecule has 0 saturated heterocycles. The van der Waals surface area contributed by atoms with Crippen LogP contribution in [0.4, 0.5) is 0 Å². The van der Waals surface area contributed by atoms with Crippen molar-refractivity contribution in [3.05, 3.63) is 35.4 Å². The number of nitrogens with two attached hydrogens (primary N) is 1. The van der Waals surface area contributed by atoms with Gasteiger partial charge in [-0.05, 0) is 44.5 Å². The number of nitrogens with zero attached hydrogens (tertiary/aromatic N) is 1. The molecule has 0 bridgehead atoms. The average Bonchev–Trinajstić information content (AvgIpc) is 2.28. The molecule has 0 aliphatic heterocycles. The first-order valence-corrected chi connectivity index (χ1v) is 6.19. The van der Waals surface area contributed by atoms with Gasteiger partial charge in [0.15, 0.2) is 0 Å². The lowest BCUT2D eigenvalue weighted by molar-refractivity contribution is 0.225. The molecule has 2 heteroatoms. The third-order valence-corrected chi connectivity index (χ3v) is 2.98. The van der Waals surface area contributed by atoms with E-state index < -0.39 is 0 Å². The third-order valence-electron chi connectivity index (χ3n) is 2.98. The van der Waals surface area contributed by atoms with Gasteiger partial charge in [-0.2, -0.15) is 0 Å². The molecule has 0 heterocycles. The molecule has 1 rings (SSSR count). The van der Waals surface area contributed by atoms with Gasteiger partial charge in [0.25, 0.3) is 0 Å². The molecule has 0 aliphatic carbocycles. The molecule has 0 unspecified atom stereocenters. The first-order chi connectivity index (χ1) is 7.67. The van der Waals surface area contributed by atoms with Crippen molar-refractivity contribution in [2.24, 2.45) is 5.73 Å². The van der Waals surface area contributed by atoms with Gasteiger partial charge in [0.1, 0.15) is 0 Å². The lowest BCUT2D eigenvalue weighted by Crippen LogP contribution is -2.29. The smallest absolute Gasteiger partial charge is 0.0236 e. The molecule has 90 valence electrons. The topological polar surface area (TPSA) is 29.3 Å². The van der Waals surface area contributed by atoms with Crippen molar-refractivity contribution in [1.82, 2.24) is 4.90 Å². The van der Waals surface area contributed by atoms with E-state index in [1.54, 1.807) is 0 Å². The summed E-state index contributed by atoms with van der Waals surface area (Å²) in [5.74, 6) is 0. The van der Waals surface area contributed by atoms with Crippen LogP contribution < -0.4 is 5.73 Å². The molecule has 1 aromatic carbocycles. The van der Waals surface area contributed by atoms with Crippen LogP contribution in [0.1, 0.15) is 31.9 Å². The Labute approximate surface area is 99.5 Å². The fourth-order valence-electron chi connectivity index (χ4n) is 1.87. The van der Waals surface area contributed by atoms with Gasteiger partial charge in [-0.1, -0.05) is 31.2 Å². The Kier molecular flexibility index (Phi) is 5.50. The summed E-state index contributed by atoms with van der Waals surface area (Å²) in [4.78, 5) is 2.46. The van der Waals surface area contributed by atoms with Crippen LogP contribution in [-0.2, 0) is 13.0 Å². The van der Waals surface area contributed by atoms with Crippen LogP contribution in [0.15, 0.2) is 24.3 Å². The summed E-state index contributed by atoms with van der Waals surface area (Å²) >= 11 is 0. The van der Waals surface area contributed by atoms with Crippen molar-refractivity contribution >= 4 is 0 Å². The van der Waals surface area contributed by atoms with Gasteiger partial charge in [-0.3, -0.25) is 4.90 Å². The largest absolute Gasteiger partial charge is 0.330 e. The second-order valence-corrected chi connectivity index (χ2v) is 4.51. The van der Waals surface area contributed by atoms with Gasteiger partial charge >= 0.3 is 0 Å². The van der Waals surface area contributed by atoms with Crippen LogP contribution >= 0.6 is 0 Å². The van der Waals surface area contributed by atoms with E-state index >= 15 is 0 Å². The number of hydrogen-bond acceptors (Lipinski definition) is 2. The number of benzene rings is 1. The Morgan fingerprint density at radius 2 is 1.69 bits per heavy atom. The molecule has 0 radical (unpaired) electrons. The predicted molar refractivity (Wildman–Crippen MR) is 70.4 cm³/mol. The highest BCUT2D eigenvalue weighted by Crippen LogP contribution is 2.10. The van der Waals surface area contributed by atoms with E-state index in [0.29, 0.717) is 6.04 Å². The lowest BCUT2D eigenvalue weighted by atomic mass is 10.1. The normalized spacial score (nSPS) is 11.4. The summed E-state index contributed by atoms with van der Waals surface area (Å²) in [6.07, 6.45) is 0.974. The number of rotatable bonds is 6. The minimum Gasteiger partial charge on any atom is -0.330 e. The van der Waals surface area contributed by atoms with E-state index in [0.717, 1.165) is 26.1 Å². The van der Waals surface area contributed by atoms with Crippen LogP contribution in [0.5, 0.6) is 0 Å².